The molecular weight excluding hydrogens is 470 g/mol. The third kappa shape index (κ3) is 7.82. The van der Waals surface area contributed by atoms with E-state index in [0.29, 0.717) is 0 Å². The summed E-state index contributed by atoms with van der Waals surface area (Å²) in [4.78, 5) is 2.29. The first-order chi connectivity index (χ1) is 19.2. The minimum absolute atomic E-state index is 1.13. The summed E-state index contributed by atoms with van der Waals surface area (Å²) in [5.74, 6) is 0. The Labute approximate surface area is 236 Å². The number of aryl methyl sites for hydroxylation is 2. The molecule has 0 radical (unpaired) electrons. The van der Waals surface area contributed by atoms with Crippen molar-refractivity contribution in [2.45, 2.75) is 41.5 Å². The molecule has 198 valence electrons. The first kappa shape index (κ1) is 29.2. The van der Waals surface area contributed by atoms with Crippen LogP contribution in [0.25, 0.3) is 11.6 Å². The van der Waals surface area contributed by atoms with Crippen LogP contribution in [0.1, 0.15) is 55.5 Å². The summed E-state index contributed by atoms with van der Waals surface area (Å²) in [6.07, 6.45) is 2.29. The van der Waals surface area contributed by atoms with Crippen molar-refractivity contribution >= 4 is 28.7 Å². The molecule has 1 heteroatoms. The minimum Gasteiger partial charge on any atom is -0.311 e. The van der Waals surface area contributed by atoms with Gasteiger partial charge in [-0.25, -0.2) is 0 Å². The van der Waals surface area contributed by atoms with Crippen molar-refractivity contribution in [1.82, 2.24) is 0 Å². The minimum atomic E-state index is 1.13. The maximum absolute atomic E-state index is 2.29. The summed E-state index contributed by atoms with van der Waals surface area (Å²) < 4.78 is 0. The van der Waals surface area contributed by atoms with E-state index in [0.717, 1.165) is 17.1 Å². The standard InChI is InChI=1S/C34H29N.2C2H6/c1-26-13-19-29(20-14-26)34(30-21-15-27(2)16-22-30)25-28-17-23-33(24-18-28)35(31-9-5-3-6-10-31)32-11-7-4-8-12-32;2*1-2/h3-25H,1-2H3;2*1-2H3. The SMILES string of the molecule is CC.CC.Cc1ccc(C(=Cc2ccc(N(c3ccccc3)c3ccccc3)cc2)c2ccc(C)cc2)cc1. The molecule has 5 aromatic carbocycles. The zero-order chi connectivity index (χ0) is 28.0. The van der Waals surface area contributed by atoms with Crippen LogP contribution in [-0.4, -0.2) is 0 Å². The molecule has 5 aromatic rings. The van der Waals surface area contributed by atoms with Crippen LogP contribution in [0.3, 0.4) is 0 Å². The number of rotatable bonds is 6. The number of para-hydroxylation sites is 2. The molecular formula is C38H41N. The molecule has 39 heavy (non-hydrogen) atoms. The summed E-state index contributed by atoms with van der Waals surface area (Å²) in [5.41, 5.74) is 10.8. The van der Waals surface area contributed by atoms with Crippen LogP contribution in [0.4, 0.5) is 17.1 Å². The molecule has 0 saturated heterocycles. The molecule has 0 amide bonds. The molecule has 0 aliphatic heterocycles. The summed E-state index contributed by atoms with van der Waals surface area (Å²) in [6, 6.07) is 47.4. The first-order valence-corrected chi connectivity index (χ1v) is 14.0. The topological polar surface area (TPSA) is 3.24 Å². The Balaban J connectivity index is 0.00000100. The molecule has 0 aromatic heterocycles. The Bertz CT molecular complexity index is 1310. The molecule has 0 aliphatic rings. The summed E-state index contributed by atoms with van der Waals surface area (Å²) >= 11 is 0. The highest BCUT2D eigenvalue weighted by Gasteiger charge is 2.12. The second-order valence-electron chi connectivity index (χ2n) is 8.89. The third-order valence-corrected chi connectivity index (χ3v) is 6.22. The predicted octanol–water partition coefficient (Wildman–Crippen LogP) is 11.4. The summed E-state index contributed by atoms with van der Waals surface area (Å²) in [5, 5.41) is 0. The van der Waals surface area contributed by atoms with Crippen molar-refractivity contribution in [2.75, 3.05) is 4.90 Å². The van der Waals surface area contributed by atoms with Gasteiger partial charge in [0, 0.05) is 17.1 Å². The summed E-state index contributed by atoms with van der Waals surface area (Å²) in [7, 11) is 0. The van der Waals surface area contributed by atoms with E-state index >= 15 is 0 Å². The number of hydrogen-bond acceptors (Lipinski definition) is 1. The van der Waals surface area contributed by atoms with E-state index in [1.807, 2.05) is 27.7 Å². The van der Waals surface area contributed by atoms with Crippen LogP contribution in [0.5, 0.6) is 0 Å². The Morgan fingerprint density at radius 3 is 1.18 bits per heavy atom. The summed E-state index contributed by atoms with van der Waals surface area (Å²) in [6.45, 7) is 12.3. The van der Waals surface area contributed by atoms with Gasteiger partial charge in [-0.3, -0.25) is 0 Å². The van der Waals surface area contributed by atoms with Gasteiger partial charge in [-0.1, -0.05) is 136 Å². The van der Waals surface area contributed by atoms with Crippen LogP contribution in [0, 0.1) is 13.8 Å². The lowest BCUT2D eigenvalue weighted by atomic mass is 9.94. The van der Waals surface area contributed by atoms with E-state index in [4.69, 9.17) is 0 Å². The molecule has 0 aliphatic carbocycles. The second kappa shape index (κ2) is 15.1. The van der Waals surface area contributed by atoms with Gasteiger partial charge < -0.3 is 4.90 Å². The van der Waals surface area contributed by atoms with Crippen molar-refractivity contribution < 1.29 is 0 Å². The smallest absolute Gasteiger partial charge is 0.0462 e. The fourth-order valence-corrected chi connectivity index (χ4v) is 4.29. The first-order valence-electron chi connectivity index (χ1n) is 14.0. The van der Waals surface area contributed by atoms with E-state index in [1.54, 1.807) is 0 Å². The molecule has 0 saturated carbocycles. The monoisotopic (exact) mass is 511 g/mol. The fourth-order valence-electron chi connectivity index (χ4n) is 4.29. The van der Waals surface area contributed by atoms with Crippen molar-refractivity contribution in [3.05, 3.63) is 161 Å². The highest BCUT2D eigenvalue weighted by atomic mass is 15.1. The molecule has 0 N–H and O–H groups in total. The Morgan fingerprint density at radius 2 is 0.795 bits per heavy atom. The normalized spacial score (nSPS) is 9.79. The van der Waals surface area contributed by atoms with Crippen LogP contribution < -0.4 is 4.90 Å². The highest BCUT2D eigenvalue weighted by Crippen LogP contribution is 2.35. The average molecular weight is 512 g/mol. The Hall–Kier alpha value is -4.36. The second-order valence-corrected chi connectivity index (χ2v) is 8.89. The molecule has 5 rings (SSSR count). The molecule has 0 fully saturated rings. The fraction of sp³-hybridized carbons (Fsp3) is 0.158. The average Bonchev–Trinajstić information content (AvgIpc) is 3.01. The van der Waals surface area contributed by atoms with Crippen molar-refractivity contribution in [2.24, 2.45) is 0 Å². The lowest BCUT2D eigenvalue weighted by molar-refractivity contribution is 1.28. The highest BCUT2D eigenvalue weighted by molar-refractivity contribution is 5.92. The molecule has 0 spiro atoms. The Kier molecular flexibility index (Phi) is 11.3. The van der Waals surface area contributed by atoms with Crippen LogP contribution in [-0.2, 0) is 0 Å². The van der Waals surface area contributed by atoms with Gasteiger partial charge in [-0.05, 0) is 78.6 Å². The quantitative estimate of drug-likeness (QED) is 0.205. The van der Waals surface area contributed by atoms with Crippen molar-refractivity contribution in [3.8, 4) is 0 Å². The zero-order valence-corrected chi connectivity index (χ0v) is 24.2. The number of benzene rings is 5. The molecule has 0 heterocycles. The maximum Gasteiger partial charge on any atom is 0.0462 e. The van der Waals surface area contributed by atoms with E-state index in [9.17, 15) is 0 Å². The predicted molar refractivity (Wildman–Crippen MR) is 173 cm³/mol. The van der Waals surface area contributed by atoms with E-state index in [-0.39, 0.29) is 0 Å². The third-order valence-electron chi connectivity index (χ3n) is 6.22. The van der Waals surface area contributed by atoms with Gasteiger partial charge in [0.05, 0.1) is 0 Å². The molecule has 1 nitrogen and oxygen atoms in total. The molecule has 0 unspecified atom stereocenters. The van der Waals surface area contributed by atoms with Crippen LogP contribution in [0.2, 0.25) is 0 Å². The van der Waals surface area contributed by atoms with Crippen LogP contribution in [0.15, 0.2) is 133 Å². The zero-order valence-electron chi connectivity index (χ0n) is 24.2. The van der Waals surface area contributed by atoms with Gasteiger partial charge in [-0.15, -0.1) is 0 Å². The van der Waals surface area contributed by atoms with Crippen LogP contribution >= 0.6 is 0 Å². The van der Waals surface area contributed by atoms with Gasteiger partial charge in [0.2, 0.25) is 0 Å². The lowest BCUT2D eigenvalue weighted by Gasteiger charge is -2.25. The molecule has 0 atom stereocenters. The maximum atomic E-state index is 2.29. The number of anilines is 3. The Morgan fingerprint density at radius 1 is 0.436 bits per heavy atom. The van der Waals surface area contributed by atoms with E-state index in [2.05, 4.69) is 158 Å². The number of hydrogen-bond donors (Lipinski definition) is 0. The van der Waals surface area contributed by atoms with Gasteiger partial charge >= 0.3 is 0 Å². The molecule has 0 bridgehead atoms. The van der Waals surface area contributed by atoms with Crippen molar-refractivity contribution in [1.29, 1.82) is 0 Å². The largest absolute Gasteiger partial charge is 0.311 e. The van der Waals surface area contributed by atoms with Gasteiger partial charge in [0.25, 0.3) is 0 Å². The van der Waals surface area contributed by atoms with E-state index in [1.165, 1.54) is 33.4 Å². The number of nitrogens with zero attached hydrogens (tertiary/aromatic N) is 1. The lowest BCUT2D eigenvalue weighted by Crippen LogP contribution is -2.09. The van der Waals surface area contributed by atoms with E-state index < -0.39 is 0 Å². The van der Waals surface area contributed by atoms with Gasteiger partial charge in [-0.2, -0.15) is 0 Å². The van der Waals surface area contributed by atoms with Gasteiger partial charge in [0.15, 0.2) is 0 Å². The van der Waals surface area contributed by atoms with Gasteiger partial charge in [0.1, 0.15) is 0 Å². The van der Waals surface area contributed by atoms with Crippen molar-refractivity contribution in [3.63, 3.8) is 0 Å².